The fourth-order valence-corrected chi connectivity index (χ4v) is 1.86. The van der Waals surface area contributed by atoms with Gasteiger partial charge >= 0.3 is 0 Å². The zero-order valence-electron chi connectivity index (χ0n) is 9.57. The van der Waals surface area contributed by atoms with E-state index in [0.717, 1.165) is 15.9 Å². The van der Waals surface area contributed by atoms with Crippen molar-refractivity contribution in [2.75, 3.05) is 5.32 Å². The third-order valence-corrected chi connectivity index (χ3v) is 3.29. The van der Waals surface area contributed by atoms with Gasteiger partial charge in [-0.25, -0.2) is 0 Å². The predicted molar refractivity (Wildman–Crippen MR) is 70.0 cm³/mol. The Morgan fingerprint density at radius 3 is 2.71 bits per heavy atom. The van der Waals surface area contributed by atoms with Crippen LogP contribution in [0, 0.1) is 6.92 Å². The zero-order chi connectivity index (χ0) is 12.4. The Bertz CT molecular complexity index is 563. The SMILES string of the molecule is Cc1c(C(=O)Nc2ccccc2Br)cnn1C. The maximum Gasteiger partial charge on any atom is 0.259 e. The number of hydrogen-bond donors (Lipinski definition) is 1. The maximum atomic E-state index is 12.0. The molecule has 0 saturated carbocycles. The Morgan fingerprint density at radius 1 is 1.41 bits per heavy atom. The Labute approximate surface area is 108 Å². The number of amides is 1. The van der Waals surface area contributed by atoms with Crippen LogP contribution in [0.2, 0.25) is 0 Å². The first-order valence-electron chi connectivity index (χ1n) is 5.14. The molecule has 4 nitrogen and oxygen atoms in total. The standard InChI is InChI=1S/C12H12BrN3O/c1-8-9(7-14-16(8)2)12(17)15-11-6-4-3-5-10(11)13/h3-7H,1-2H3,(H,15,17). The molecule has 0 radical (unpaired) electrons. The lowest BCUT2D eigenvalue weighted by molar-refractivity contribution is 0.102. The molecule has 0 saturated heterocycles. The molecule has 2 rings (SSSR count). The first-order valence-corrected chi connectivity index (χ1v) is 5.93. The average molecular weight is 294 g/mol. The minimum atomic E-state index is -0.150. The van der Waals surface area contributed by atoms with Crippen molar-refractivity contribution >= 4 is 27.5 Å². The van der Waals surface area contributed by atoms with E-state index in [0.29, 0.717) is 5.56 Å². The second kappa shape index (κ2) is 4.71. The van der Waals surface area contributed by atoms with E-state index in [1.54, 1.807) is 10.9 Å². The lowest BCUT2D eigenvalue weighted by Crippen LogP contribution is -2.13. The van der Waals surface area contributed by atoms with Crippen LogP contribution in [0.1, 0.15) is 16.1 Å². The average Bonchev–Trinajstić information content (AvgIpc) is 2.63. The minimum absolute atomic E-state index is 0.150. The quantitative estimate of drug-likeness (QED) is 0.925. The summed E-state index contributed by atoms with van der Waals surface area (Å²) in [4.78, 5) is 12.0. The summed E-state index contributed by atoms with van der Waals surface area (Å²) in [6.07, 6.45) is 1.57. The van der Waals surface area contributed by atoms with Crippen LogP contribution in [0.15, 0.2) is 34.9 Å². The predicted octanol–water partition coefficient (Wildman–Crippen LogP) is 2.74. The highest BCUT2D eigenvalue weighted by atomic mass is 79.9. The summed E-state index contributed by atoms with van der Waals surface area (Å²) in [7, 11) is 1.81. The molecule has 0 aliphatic carbocycles. The molecular weight excluding hydrogens is 282 g/mol. The molecule has 1 aromatic carbocycles. The smallest absolute Gasteiger partial charge is 0.259 e. The summed E-state index contributed by atoms with van der Waals surface area (Å²) in [5, 5.41) is 6.89. The summed E-state index contributed by atoms with van der Waals surface area (Å²) in [5.41, 5.74) is 2.18. The lowest BCUT2D eigenvalue weighted by atomic mass is 10.2. The van der Waals surface area contributed by atoms with Gasteiger partial charge in [0.25, 0.3) is 5.91 Å². The molecule has 1 amide bonds. The Kier molecular flexibility index (Phi) is 3.28. The fourth-order valence-electron chi connectivity index (χ4n) is 1.47. The van der Waals surface area contributed by atoms with Gasteiger partial charge in [0.2, 0.25) is 0 Å². The van der Waals surface area contributed by atoms with Gasteiger partial charge in [0.05, 0.1) is 17.4 Å². The molecule has 1 N–H and O–H groups in total. The van der Waals surface area contributed by atoms with Gasteiger partial charge in [0.1, 0.15) is 0 Å². The van der Waals surface area contributed by atoms with Crippen molar-refractivity contribution < 1.29 is 4.79 Å². The van der Waals surface area contributed by atoms with Crippen LogP contribution >= 0.6 is 15.9 Å². The first kappa shape index (κ1) is 11.9. The van der Waals surface area contributed by atoms with E-state index >= 15 is 0 Å². The summed E-state index contributed by atoms with van der Waals surface area (Å²) in [5.74, 6) is -0.150. The zero-order valence-corrected chi connectivity index (χ0v) is 11.2. The highest BCUT2D eigenvalue weighted by molar-refractivity contribution is 9.10. The van der Waals surface area contributed by atoms with Crippen LogP contribution < -0.4 is 5.32 Å². The number of hydrogen-bond acceptors (Lipinski definition) is 2. The number of anilines is 1. The molecule has 1 aromatic heterocycles. The summed E-state index contributed by atoms with van der Waals surface area (Å²) in [6, 6.07) is 7.49. The number of carbonyl (C=O) groups excluding carboxylic acids is 1. The second-order valence-corrected chi connectivity index (χ2v) is 4.56. The van der Waals surface area contributed by atoms with Gasteiger partial charge < -0.3 is 5.32 Å². The van der Waals surface area contributed by atoms with E-state index in [4.69, 9.17) is 0 Å². The highest BCUT2D eigenvalue weighted by Gasteiger charge is 2.13. The van der Waals surface area contributed by atoms with Gasteiger partial charge in [-0.1, -0.05) is 12.1 Å². The summed E-state index contributed by atoms with van der Waals surface area (Å²) < 4.78 is 2.53. The number of para-hydroxylation sites is 1. The van der Waals surface area contributed by atoms with Crippen LogP contribution in [0.3, 0.4) is 0 Å². The van der Waals surface area contributed by atoms with Crippen LogP contribution in [0.4, 0.5) is 5.69 Å². The van der Waals surface area contributed by atoms with Gasteiger partial charge in [-0.2, -0.15) is 5.10 Å². The molecule has 0 fully saturated rings. The van der Waals surface area contributed by atoms with E-state index < -0.39 is 0 Å². The lowest BCUT2D eigenvalue weighted by Gasteiger charge is -2.06. The van der Waals surface area contributed by atoms with Gasteiger partial charge in [0.15, 0.2) is 0 Å². The molecule has 0 aliphatic heterocycles. The maximum absolute atomic E-state index is 12.0. The van der Waals surface area contributed by atoms with E-state index in [1.165, 1.54) is 0 Å². The normalized spacial score (nSPS) is 10.3. The number of aromatic nitrogens is 2. The van der Waals surface area contributed by atoms with Crippen molar-refractivity contribution in [2.45, 2.75) is 6.92 Å². The van der Waals surface area contributed by atoms with Crippen molar-refractivity contribution in [2.24, 2.45) is 7.05 Å². The Hall–Kier alpha value is -1.62. The van der Waals surface area contributed by atoms with Crippen molar-refractivity contribution in [1.29, 1.82) is 0 Å². The molecular formula is C12H12BrN3O. The van der Waals surface area contributed by atoms with Crippen molar-refractivity contribution in [3.63, 3.8) is 0 Å². The highest BCUT2D eigenvalue weighted by Crippen LogP contribution is 2.22. The van der Waals surface area contributed by atoms with Crippen LogP contribution in [0.5, 0.6) is 0 Å². The third kappa shape index (κ3) is 2.39. The molecule has 2 aromatic rings. The second-order valence-electron chi connectivity index (χ2n) is 3.70. The van der Waals surface area contributed by atoms with Crippen LogP contribution in [-0.4, -0.2) is 15.7 Å². The number of halogens is 1. The first-order chi connectivity index (χ1) is 8.09. The summed E-state index contributed by atoms with van der Waals surface area (Å²) >= 11 is 3.39. The Morgan fingerprint density at radius 2 is 2.12 bits per heavy atom. The van der Waals surface area contributed by atoms with E-state index in [9.17, 15) is 4.79 Å². The molecule has 0 unspecified atom stereocenters. The number of aryl methyl sites for hydroxylation is 1. The topological polar surface area (TPSA) is 46.9 Å². The van der Waals surface area contributed by atoms with Gasteiger partial charge in [-0.05, 0) is 35.0 Å². The van der Waals surface area contributed by atoms with Crippen molar-refractivity contribution in [3.05, 3.63) is 46.2 Å². The van der Waals surface area contributed by atoms with Crippen LogP contribution in [-0.2, 0) is 7.05 Å². The van der Waals surface area contributed by atoms with E-state index in [-0.39, 0.29) is 5.91 Å². The van der Waals surface area contributed by atoms with Gasteiger partial charge in [0, 0.05) is 17.2 Å². The minimum Gasteiger partial charge on any atom is -0.321 e. The number of nitrogens with one attached hydrogen (secondary N) is 1. The van der Waals surface area contributed by atoms with E-state index in [1.807, 2.05) is 38.2 Å². The van der Waals surface area contributed by atoms with Gasteiger partial charge in [-0.3, -0.25) is 9.48 Å². The number of rotatable bonds is 2. The largest absolute Gasteiger partial charge is 0.321 e. The molecule has 0 atom stereocenters. The number of nitrogens with zero attached hydrogens (tertiary/aromatic N) is 2. The van der Waals surface area contributed by atoms with Gasteiger partial charge in [-0.15, -0.1) is 0 Å². The van der Waals surface area contributed by atoms with E-state index in [2.05, 4.69) is 26.3 Å². The Balaban J connectivity index is 2.23. The molecule has 5 heteroatoms. The monoisotopic (exact) mass is 293 g/mol. The van der Waals surface area contributed by atoms with Crippen molar-refractivity contribution in [3.8, 4) is 0 Å². The number of carbonyl (C=O) groups is 1. The molecule has 0 spiro atoms. The third-order valence-electron chi connectivity index (χ3n) is 2.60. The molecule has 0 aliphatic rings. The molecule has 88 valence electrons. The molecule has 17 heavy (non-hydrogen) atoms. The van der Waals surface area contributed by atoms with Crippen LogP contribution in [0.25, 0.3) is 0 Å². The molecule has 0 bridgehead atoms. The molecule has 1 heterocycles. The van der Waals surface area contributed by atoms with Crippen molar-refractivity contribution in [1.82, 2.24) is 9.78 Å². The fraction of sp³-hybridized carbons (Fsp3) is 0.167. The number of benzene rings is 1. The summed E-state index contributed by atoms with van der Waals surface area (Å²) in [6.45, 7) is 1.86.